The van der Waals surface area contributed by atoms with Gasteiger partial charge in [-0.05, 0) is 31.7 Å². The highest BCUT2D eigenvalue weighted by molar-refractivity contribution is 6.17. The summed E-state index contributed by atoms with van der Waals surface area (Å²) in [6, 6.07) is 0.883. The summed E-state index contributed by atoms with van der Waals surface area (Å²) in [4.78, 5) is 2.70. The maximum atomic E-state index is 5.79. The van der Waals surface area contributed by atoms with E-state index in [1.54, 1.807) is 0 Å². The van der Waals surface area contributed by atoms with E-state index in [9.17, 15) is 0 Å². The Labute approximate surface area is 100 Å². The maximum absolute atomic E-state index is 5.79. The highest BCUT2D eigenvalue weighted by atomic mass is 35.5. The van der Waals surface area contributed by atoms with E-state index in [2.05, 4.69) is 18.7 Å². The van der Waals surface area contributed by atoms with Crippen LogP contribution in [0.2, 0.25) is 0 Å². The monoisotopic (exact) mass is 231 g/mol. The van der Waals surface area contributed by atoms with Crippen molar-refractivity contribution < 1.29 is 0 Å². The first-order valence-corrected chi connectivity index (χ1v) is 7.15. The van der Waals surface area contributed by atoms with E-state index in [4.69, 9.17) is 11.6 Å². The van der Waals surface area contributed by atoms with Gasteiger partial charge in [-0.1, -0.05) is 33.1 Å². The minimum atomic E-state index is 0.812. The molecule has 0 spiro atoms. The molecule has 0 amide bonds. The van der Waals surface area contributed by atoms with Crippen LogP contribution in [0.4, 0.5) is 0 Å². The molecular formula is C13H26ClN. The molecule has 0 unspecified atom stereocenters. The van der Waals surface area contributed by atoms with Gasteiger partial charge in [-0.3, -0.25) is 0 Å². The Kier molecular flexibility index (Phi) is 6.67. The zero-order valence-corrected chi connectivity index (χ0v) is 11.1. The minimum Gasteiger partial charge on any atom is -0.300 e. The van der Waals surface area contributed by atoms with Crippen molar-refractivity contribution >= 4 is 11.6 Å². The largest absolute Gasteiger partial charge is 0.300 e. The molecule has 0 bridgehead atoms. The van der Waals surface area contributed by atoms with Crippen LogP contribution in [0.25, 0.3) is 0 Å². The van der Waals surface area contributed by atoms with E-state index in [0.717, 1.165) is 24.3 Å². The van der Waals surface area contributed by atoms with Crippen LogP contribution in [0.3, 0.4) is 0 Å². The normalized spacial score (nSPS) is 17.4. The standard InChI is InChI=1S/C13H26ClN/c1-3-12(4-2)11-15(10-6-9-14)13-7-5-8-13/h12-13H,3-11H2,1-2H3. The Morgan fingerprint density at radius 2 is 1.93 bits per heavy atom. The first-order chi connectivity index (χ1) is 7.31. The summed E-state index contributed by atoms with van der Waals surface area (Å²) >= 11 is 5.79. The number of halogens is 1. The van der Waals surface area contributed by atoms with E-state index < -0.39 is 0 Å². The van der Waals surface area contributed by atoms with Gasteiger partial charge >= 0.3 is 0 Å². The zero-order valence-electron chi connectivity index (χ0n) is 10.3. The lowest BCUT2D eigenvalue weighted by Crippen LogP contribution is -2.43. The van der Waals surface area contributed by atoms with Crippen molar-refractivity contribution in [1.29, 1.82) is 0 Å². The van der Waals surface area contributed by atoms with Gasteiger partial charge in [0.2, 0.25) is 0 Å². The van der Waals surface area contributed by atoms with Crippen molar-refractivity contribution in [1.82, 2.24) is 4.90 Å². The van der Waals surface area contributed by atoms with Gasteiger partial charge in [0, 0.05) is 18.5 Å². The fraction of sp³-hybridized carbons (Fsp3) is 1.00. The Morgan fingerprint density at radius 1 is 1.27 bits per heavy atom. The lowest BCUT2D eigenvalue weighted by atomic mass is 9.90. The van der Waals surface area contributed by atoms with Gasteiger partial charge in [-0.25, -0.2) is 0 Å². The van der Waals surface area contributed by atoms with Gasteiger partial charge in [0.05, 0.1) is 0 Å². The predicted molar refractivity (Wildman–Crippen MR) is 68.6 cm³/mol. The summed E-state index contributed by atoms with van der Waals surface area (Å²) in [5.74, 6) is 1.70. The zero-order chi connectivity index (χ0) is 11.1. The van der Waals surface area contributed by atoms with E-state index in [1.807, 2.05) is 0 Å². The second-order valence-electron chi connectivity index (χ2n) is 4.80. The van der Waals surface area contributed by atoms with Gasteiger partial charge in [-0.15, -0.1) is 11.6 Å². The molecule has 0 aromatic carbocycles. The summed E-state index contributed by atoms with van der Waals surface area (Å²) in [5, 5.41) is 0. The second-order valence-corrected chi connectivity index (χ2v) is 5.18. The van der Waals surface area contributed by atoms with Crippen molar-refractivity contribution in [2.24, 2.45) is 5.92 Å². The van der Waals surface area contributed by atoms with Crippen LogP contribution in [0, 0.1) is 5.92 Å². The Balaban J connectivity index is 2.32. The van der Waals surface area contributed by atoms with Crippen LogP contribution in [0.1, 0.15) is 52.4 Å². The van der Waals surface area contributed by atoms with Gasteiger partial charge in [0.25, 0.3) is 0 Å². The fourth-order valence-corrected chi connectivity index (χ4v) is 2.44. The Bertz CT molecular complexity index is 153. The van der Waals surface area contributed by atoms with Gasteiger partial charge in [-0.2, -0.15) is 0 Å². The van der Waals surface area contributed by atoms with Crippen LogP contribution in [0.15, 0.2) is 0 Å². The average molecular weight is 232 g/mol. The van der Waals surface area contributed by atoms with Crippen LogP contribution in [-0.2, 0) is 0 Å². The molecule has 0 heterocycles. The van der Waals surface area contributed by atoms with Crippen molar-refractivity contribution in [3.05, 3.63) is 0 Å². The van der Waals surface area contributed by atoms with Gasteiger partial charge in [0.1, 0.15) is 0 Å². The van der Waals surface area contributed by atoms with Crippen LogP contribution >= 0.6 is 11.6 Å². The third kappa shape index (κ3) is 4.32. The minimum absolute atomic E-state index is 0.812. The molecule has 1 saturated carbocycles. The molecule has 0 N–H and O–H groups in total. The third-order valence-electron chi connectivity index (χ3n) is 3.82. The molecule has 0 radical (unpaired) electrons. The van der Waals surface area contributed by atoms with Crippen molar-refractivity contribution in [3.63, 3.8) is 0 Å². The van der Waals surface area contributed by atoms with E-state index in [1.165, 1.54) is 45.2 Å². The molecule has 2 heteroatoms. The van der Waals surface area contributed by atoms with Crippen molar-refractivity contribution in [3.8, 4) is 0 Å². The van der Waals surface area contributed by atoms with Gasteiger partial charge in [0.15, 0.2) is 0 Å². The second kappa shape index (κ2) is 7.51. The molecule has 1 aliphatic rings. The van der Waals surface area contributed by atoms with Gasteiger partial charge < -0.3 is 4.90 Å². The molecule has 15 heavy (non-hydrogen) atoms. The Hall–Kier alpha value is 0.250. The quantitative estimate of drug-likeness (QED) is 0.573. The highest BCUT2D eigenvalue weighted by Crippen LogP contribution is 2.26. The Morgan fingerprint density at radius 3 is 2.33 bits per heavy atom. The van der Waals surface area contributed by atoms with Crippen LogP contribution < -0.4 is 0 Å². The molecule has 1 aliphatic carbocycles. The van der Waals surface area contributed by atoms with E-state index in [0.29, 0.717) is 0 Å². The predicted octanol–water partition coefficient (Wildman–Crippen LogP) is 3.91. The molecular weight excluding hydrogens is 206 g/mol. The molecule has 1 nitrogen and oxygen atoms in total. The van der Waals surface area contributed by atoms with E-state index >= 15 is 0 Å². The molecule has 90 valence electrons. The molecule has 0 aromatic rings. The van der Waals surface area contributed by atoms with Crippen molar-refractivity contribution in [2.75, 3.05) is 19.0 Å². The third-order valence-corrected chi connectivity index (χ3v) is 4.08. The number of hydrogen-bond acceptors (Lipinski definition) is 1. The number of rotatable bonds is 8. The number of alkyl halides is 1. The lowest BCUT2D eigenvalue weighted by Gasteiger charge is -2.39. The van der Waals surface area contributed by atoms with E-state index in [-0.39, 0.29) is 0 Å². The smallest absolute Gasteiger partial charge is 0.0235 e. The van der Waals surface area contributed by atoms with Crippen molar-refractivity contribution in [2.45, 2.75) is 58.4 Å². The highest BCUT2D eigenvalue weighted by Gasteiger charge is 2.25. The first kappa shape index (κ1) is 13.3. The first-order valence-electron chi connectivity index (χ1n) is 6.61. The summed E-state index contributed by atoms with van der Waals surface area (Å²) in [6.07, 6.45) is 8.06. The summed E-state index contributed by atoms with van der Waals surface area (Å²) in [6.45, 7) is 7.14. The number of hydrogen-bond donors (Lipinski definition) is 0. The number of nitrogens with zero attached hydrogens (tertiary/aromatic N) is 1. The molecule has 1 rings (SSSR count). The topological polar surface area (TPSA) is 3.24 Å². The summed E-state index contributed by atoms with van der Waals surface area (Å²) in [7, 11) is 0. The molecule has 0 saturated heterocycles. The summed E-state index contributed by atoms with van der Waals surface area (Å²) < 4.78 is 0. The summed E-state index contributed by atoms with van der Waals surface area (Å²) in [5.41, 5.74) is 0. The molecule has 0 aromatic heterocycles. The maximum Gasteiger partial charge on any atom is 0.0235 e. The van der Waals surface area contributed by atoms with Crippen LogP contribution in [-0.4, -0.2) is 29.9 Å². The fourth-order valence-electron chi connectivity index (χ4n) is 2.32. The molecule has 1 fully saturated rings. The average Bonchev–Trinajstić information content (AvgIpc) is 2.19. The SMILES string of the molecule is CCC(CC)CN(CCCCl)C1CCC1. The van der Waals surface area contributed by atoms with Crippen LogP contribution in [0.5, 0.6) is 0 Å². The molecule has 0 aliphatic heterocycles. The molecule has 0 atom stereocenters. The lowest BCUT2D eigenvalue weighted by molar-refractivity contribution is 0.105.